The number of hydrogen-bond acceptors (Lipinski definition) is 5. The van der Waals surface area contributed by atoms with Crippen LogP contribution in [0.25, 0.3) is 10.9 Å². The fourth-order valence-corrected chi connectivity index (χ4v) is 2.94. The summed E-state index contributed by atoms with van der Waals surface area (Å²) in [5, 5.41) is 14.6. The van der Waals surface area contributed by atoms with Gasteiger partial charge in [0.15, 0.2) is 11.5 Å². The summed E-state index contributed by atoms with van der Waals surface area (Å²) in [5.74, 6) is 0.926. The van der Waals surface area contributed by atoms with Gasteiger partial charge in [-0.2, -0.15) is 9.78 Å². The van der Waals surface area contributed by atoms with E-state index in [9.17, 15) is 9.90 Å². The molecule has 0 aliphatic rings. The van der Waals surface area contributed by atoms with E-state index in [-0.39, 0.29) is 11.3 Å². The molecule has 0 fully saturated rings. The molecule has 0 bridgehead atoms. The summed E-state index contributed by atoms with van der Waals surface area (Å²) < 4.78 is 7.02. The Morgan fingerprint density at radius 1 is 1.33 bits per heavy atom. The zero-order chi connectivity index (χ0) is 17.3. The molecular formula is C17H14IN3O3. The van der Waals surface area contributed by atoms with Gasteiger partial charge in [-0.15, -0.1) is 0 Å². The molecule has 1 N–H and O–H groups in total. The minimum atomic E-state index is -0.227. The maximum Gasteiger partial charge on any atom is 0.282 e. The van der Waals surface area contributed by atoms with Gasteiger partial charge in [0, 0.05) is 0 Å². The molecule has 0 aliphatic heterocycles. The van der Waals surface area contributed by atoms with Crippen LogP contribution >= 0.6 is 22.6 Å². The Morgan fingerprint density at radius 2 is 2.08 bits per heavy atom. The number of hydrogen-bond donors (Lipinski definition) is 1. The lowest BCUT2D eigenvalue weighted by Gasteiger charge is -2.07. The number of phenolic OH excluding ortho intramolecular Hbond substituents is 1. The Morgan fingerprint density at radius 3 is 2.83 bits per heavy atom. The largest absolute Gasteiger partial charge is 0.504 e. The molecule has 0 atom stereocenters. The van der Waals surface area contributed by atoms with Crippen LogP contribution in [0.1, 0.15) is 11.4 Å². The third kappa shape index (κ3) is 2.99. The summed E-state index contributed by atoms with van der Waals surface area (Å²) in [6.07, 6.45) is 1.54. The van der Waals surface area contributed by atoms with Crippen molar-refractivity contribution in [1.82, 2.24) is 9.66 Å². The van der Waals surface area contributed by atoms with E-state index in [4.69, 9.17) is 4.74 Å². The van der Waals surface area contributed by atoms with Crippen molar-refractivity contribution in [2.45, 2.75) is 6.92 Å². The van der Waals surface area contributed by atoms with E-state index in [0.717, 1.165) is 0 Å². The van der Waals surface area contributed by atoms with Gasteiger partial charge < -0.3 is 9.84 Å². The molecule has 2 aromatic carbocycles. The van der Waals surface area contributed by atoms with Crippen molar-refractivity contribution >= 4 is 39.7 Å². The smallest absolute Gasteiger partial charge is 0.282 e. The average Bonchev–Trinajstić information content (AvgIpc) is 2.57. The van der Waals surface area contributed by atoms with E-state index >= 15 is 0 Å². The van der Waals surface area contributed by atoms with E-state index in [1.165, 1.54) is 18.0 Å². The molecular weight excluding hydrogens is 421 g/mol. The van der Waals surface area contributed by atoms with Gasteiger partial charge in [0.25, 0.3) is 5.56 Å². The number of phenols is 1. The Labute approximate surface area is 151 Å². The average molecular weight is 435 g/mol. The lowest BCUT2D eigenvalue weighted by atomic mass is 10.2. The molecule has 24 heavy (non-hydrogen) atoms. The maximum absolute atomic E-state index is 12.6. The van der Waals surface area contributed by atoms with E-state index < -0.39 is 0 Å². The van der Waals surface area contributed by atoms with Crippen LogP contribution in [0.4, 0.5) is 0 Å². The van der Waals surface area contributed by atoms with Crippen LogP contribution in [0.3, 0.4) is 0 Å². The van der Waals surface area contributed by atoms with E-state index in [0.29, 0.717) is 31.6 Å². The molecule has 1 heterocycles. The van der Waals surface area contributed by atoms with Crippen molar-refractivity contribution in [3.05, 3.63) is 61.7 Å². The third-order valence-corrected chi connectivity index (χ3v) is 4.33. The Kier molecular flexibility index (Phi) is 4.52. The number of nitrogens with zero attached hydrogens (tertiary/aromatic N) is 3. The van der Waals surface area contributed by atoms with Gasteiger partial charge in [-0.3, -0.25) is 4.79 Å². The topological polar surface area (TPSA) is 76.7 Å². The predicted octanol–water partition coefficient (Wildman–Crippen LogP) is 2.91. The summed E-state index contributed by atoms with van der Waals surface area (Å²) in [4.78, 5) is 17.0. The highest BCUT2D eigenvalue weighted by atomic mass is 127. The maximum atomic E-state index is 12.6. The molecule has 122 valence electrons. The summed E-state index contributed by atoms with van der Waals surface area (Å²) in [6, 6.07) is 10.6. The van der Waals surface area contributed by atoms with Crippen molar-refractivity contribution in [1.29, 1.82) is 0 Å². The highest BCUT2D eigenvalue weighted by Gasteiger charge is 2.09. The van der Waals surface area contributed by atoms with Crippen LogP contribution in [0.5, 0.6) is 11.5 Å². The second-order valence-electron chi connectivity index (χ2n) is 5.09. The summed E-state index contributed by atoms with van der Waals surface area (Å²) in [5.41, 5.74) is 1.12. The fourth-order valence-electron chi connectivity index (χ4n) is 2.32. The number of aryl methyl sites for hydroxylation is 1. The zero-order valence-corrected chi connectivity index (χ0v) is 15.2. The molecule has 0 radical (unpaired) electrons. The Balaban J connectivity index is 2.09. The van der Waals surface area contributed by atoms with Crippen LogP contribution in [0, 0.1) is 10.5 Å². The van der Waals surface area contributed by atoms with Gasteiger partial charge >= 0.3 is 0 Å². The number of aromatic nitrogens is 2. The molecule has 0 saturated carbocycles. The monoisotopic (exact) mass is 435 g/mol. The number of aromatic hydroxyl groups is 1. The van der Waals surface area contributed by atoms with Gasteiger partial charge in [-0.25, -0.2) is 4.98 Å². The molecule has 0 spiro atoms. The second kappa shape index (κ2) is 6.60. The number of halogens is 1. The number of para-hydroxylation sites is 1. The first-order valence-electron chi connectivity index (χ1n) is 7.10. The van der Waals surface area contributed by atoms with Crippen molar-refractivity contribution < 1.29 is 9.84 Å². The number of rotatable bonds is 3. The van der Waals surface area contributed by atoms with Crippen LogP contribution < -0.4 is 10.3 Å². The fraction of sp³-hybridized carbons (Fsp3) is 0.118. The standard InChI is InChI=1S/C17H14IN3O3/c1-10-20-14-6-4-3-5-12(14)17(23)21(10)19-9-11-7-13(18)16(22)15(8-11)24-2/h3-9,22H,1-2H3/b19-9+. The van der Waals surface area contributed by atoms with Crippen molar-refractivity contribution in [3.63, 3.8) is 0 Å². The van der Waals surface area contributed by atoms with Gasteiger partial charge in [0.1, 0.15) is 5.82 Å². The molecule has 0 amide bonds. The summed E-state index contributed by atoms with van der Waals surface area (Å²) >= 11 is 2.01. The molecule has 7 heteroatoms. The predicted molar refractivity (Wildman–Crippen MR) is 101 cm³/mol. The lowest BCUT2D eigenvalue weighted by molar-refractivity contribution is 0.371. The van der Waals surface area contributed by atoms with Crippen LogP contribution in [0.15, 0.2) is 46.3 Å². The summed E-state index contributed by atoms with van der Waals surface area (Å²) in [7, 11) is 1.48. The van der Waals surface area contributed by atoms with Crippen LogP contribution in [0.2, 0.25) is 0 Å². The van der Waals surface area contributed by atoms with E-state index in [2.05, 4.69) is 10.1 Å². The minimum Gasteiger partial charge on any atom is -0.504 e. The SMILES string of the molecule is COc1cc(/C=N/n2c(C)nc3ccccc3c2=O)cc(I)c1O. The second-order valence-corrected chi connectivity index (χ2v) is 6.25. The molecule has 0 unspecified atom stereocenters. The number of ether oxygens (including phenoxy) is 1. The number of benzene rings is 2. The molecule has 0 saturated heterocycles. The molecule has 6 nitrogen and oxygen atoms in total. The molecule has 3 rings (SSSR count). The Bertz CT molecular complexity index is 1010. The van der Waals surface area contributed by atoms with Crippen molar-refractivity contribution in [2.24, 2.45) is 5.10 Å². The number of methoxy groups -OCH3 is 1. The molecule has 1 aromatic heterocycles. The number of fused-ring (bicyclic) bond motifs is 1. The van der Waals surface area contributed by atoms with Gasteiger partial charge in [0.05, 0.1) is 27.8 Å². The first kappa shape index (κ1) is 16.4. The van der Waals surface area contributed by atoms with Crippen molar-refractivity contribution in [2.75, 3.05) is 7.11 Å². The first-order valence-corrected chi connectivity index (χ1v) is 8.18. The van der Waals surface area contributed by atoms with E-state index in [1.54, 1.807) is 37.3 Å². The highest BCUT2D eigenvalue weighted by Crippen LogP contribution is 2.31. The minimum absolute atomic E-state index is 0.0796. The first-order chi connectivity index (χ1) is 11.5. The zero-order valence-electron chi connectivity index (χ0n) is 13.0. The lowest BCUT2D eigenvalue weighted by Crippen LogP contribution is -2.20. The highest BCUT2D eigenvalue weighted by molar-refractivity contribution is 14.1. The van der Waals surface area contributed by atoms with Gasteiger partial charge in [0.2, 0.25) is 0 Å². The molecule has 3 aromatic rings. The van der Waals surface area contributed by atoms with Crippen molar-refractivity contribution in [3.8, 4) is 11.5 Å². The van der Waals surface area contributed by atoms with E-state index in [1.807, 2.05) is 28.7 Å². The van der Waals surface area contributed by atoms with Crippen LogP contribution in [-0.4, -0.2) is 28.1 Å². The summed E-state index contributed by atoms with van der Waals surface area (Å²) in [6.45, 7) is 1.73. The van der Waals surface area contributed by atoms with Gasteiger partial charge in [-0.1, -0.05) is 12.1 Å². The van der Waals surface area contributed by atoms with Gasteiger partial charge in [-0.05, 0) is 59.3 Å². The quantitative estimate of drug-likeness (QED) is 0.507. The normalized spacial score (nSPS) is 11.3. The Hall–Kier alpha value is -2.42. The van der Waals surface area contributed by atoms with Crippen LogP contribution in [-0.2, 0) is 0 Å². The molecule has 0 aliphatic carbocycles. The third-order valence-electron chi connectivity index (χ3n) is 3.51.